The zero-order chi connectivity index (χ0) is 10.9. The molecule has 2 nitrogen and oxygen atoms in total. The number of hydrogen-bond acceptors (Lipinski definition) is 2. The molecule has 0 fully saturated rings. The Bertz CT molecular complexity index is 310. The van der Waals surface area contributed by atoms with E-state index >= 15 is 0 Å². The van der Waals surface area contributed by atoms with Gasteiger partial charge in [-0.25, -0.2) is 0 Å². The monoisotopic (exact) mass is 318 g/mol. The number of unbranched alkanes of at least 4 members (excludes halogenated alkanes) is 1. The molecule has 0 radical (unpaired) electrons. The summed E-state index contributed by atoms with van der Waals surface area (Å²) in [4.78, 5) is 0. The van der Waals surface area contributed by atoms with E-state index < -0.39 is 0 Å². The summed E-state index contributed by atoms with van der Waals surface area (Å²) >= 11 is 2.19. The van der Waals surface area contributed by atoms with E-state index in [1.807, 2.05) is 34.4 Å². The van der Waals surface area contributed by atoms with E-state index in [0.29, 0.717) is 6.61 Å². The number of para-hydroxylation sites is 1. The summed E-state index contributed by atoms with van der Waals surface area (Å²) in [6, 6.07) is 7.94. The molecule has 0 bridgehead atoms. The van der Waals surface area contributed by atoms with E-state index in [1.165, 1.54) is 0 Å². The van der Waals surface area contributed by atoms with Crippen molar-refractivity contribution in [2.75, 3.05) is 13.2 Å². The molecule has 1 aromatic rings. The highest BCUT2D eigenvalue weighted by Crippen LogP contribution is 2.20. The van der Waals surface area contributed by atoms with E-state index in [9.17, 15) is 0 Å². The first-order chi connectivity index (χ1) is 7.38. The second-order valence-corrected chi connectivity index (χ2v) is 3.83. The molecule has 82 valence electrons. The van der Waals surface area contributed by atoms with Crippen LogP contribution in [0.1, 0.15) is 18.4 Å². The second kappa shape index (κ2) is 7.70. The Labute approximate surface area is 104 Å². The number of benzene rings is 1. The molecule has 0 aliphatic rings. The minimum atomic E-state index is 0.235. The van der Waals surface area contributed by atoms with Crippen molar-refractivity contribution >= 4 is 28.7 Å². The fourth-order valence-corrected chi connectivity index (χ4v) is 1.60. The van der Waals surface area contributed by atoms with Gasteiger partial charge in [-0.15, -0.1) is 0 Å². The summed E-state index contributed by atoms with van der Waals surface area (Å²) < 4.78 is 7.59. The van der Waals surface area contributed by atoms with Gasteiger partial charge in [0, 0.05) is 12.2 Å². The minimum Gasteiger partial charge on any atom is -0.493 e. The number of aliphatic hydroxyl groups excluding tert-OH is 1. The van der Waals surface area contributed by atoms with E-state index in [1.54, 1.807) is 0 Å². The summed E-state index contributed by atoms with van der Waals surface area (Å²) in [6.07, 6.45) is 3.70. The SMILES string of the molecule is OCCCCOc1ccccc1C=CI. The average molecular weight is 318 g/mol. The number of aliphatic hydroxyl groups is 1. The van der Waals surface area contributed by atoms with Crippen molar-refractivity contribution in [1.29, 1.82) is 0 Å². The summed E-state index contributed by atoms with van der Waals surface area (Å²) in [5, 5.41) is 8.63. The van der Waals surface area contributed by atoms with Crippen LogP contribution < -0.4 is 4.74 Å². The van der Waals surface area contributed by atoms with Crippen molar-refractivity contribution in [2.45, 2.75) is 12.8 Å². The summed E-state index contributed by atoms with van der Waals surface area (Å²) in [6.45, 7) is 0.894. The fourth-order valence-electron chi connectivity index (χ4n) is 1.21. The van der Waals surface area contributed by atoms with Crippen LogP contribution in [0.3, 0.4) is 0 Å². The third-order valence-electron chi connectivity index (χ3n) is 1.97. The van der Waals surface area contributed by atoms with Crippen molar-refractivity contribution in [3.05, 3.63) is 33.9 Å². The van der Waals surface area contributed by atoms with Gasteiger partial charge in [0.1, 0.15) is 5.75 Å². The molecule has 1 aromatic carbocycles. The molecule has 1 N–H and O–H groups in total. The number of halogens is 1. The molecule has 0 saturated carbocycles. The highest BCUT2D eigenvalue weighted by molar-refractivity contribution is 14.1. The van der Waals surface area contributed by atoms with Crippen molar-refractivity contribution in [3.63, 3.8) is 0 Å². The maximum atomic E-state index is 8.63. The van der Waals surface area contributed by atoms with Crippen LogP contribution in [0.15, 0.2) is 28.3 Å². The van der Waals surface area contributed by atoms with Gasteiger partial charge in [-0.1, -0.05) is 40.8 Å². The van der Waals surface area contributed by atoms with Gasteiger partial charge in [0.05, 0.1) is 6.61 Å². The Morgan fingerprint density at radius 1 is 1.27 bits per heavy atom. The average Bonchev–Trinajstić information content (AvgIpc) is 2.27. The van der Waals surface area contributed by atoms with Crippen LogP contribution in [0.2, 0.25) is 0 Å². The second-order valence-electron chi connectivity index (χ2n) is 3.11. The smallest absolute Gasteiger partial charge is 0.126 e. The van der Waals surface area contributed by atoms with E-state index in [2.05, 4.69) is 22.6 Å². The van der Waals surface area contributed by atoms with Crippen LogP contribution >= 0.6 is 22.6 Å². The Kier molecular flexibility index (Phi) is 6.43. The molecule has 0 aliphatic carbocycles. The van der Waals surface area contributed by atoms with Gasteiger partial charge in [0.2, 0.25) is 0 Å². The van der Waals surface area contributed by atoms with Crippen molar-refractivity contribution in [3.8, 4) is 5.75 Å². The third-order valence-corrected chi connectivity index (χ3v) is 2.33. The minimum absolute atomic E-state index is 0.235. The maximum absolute atomic E-state index is 8.63. The predicted molar refractivity (Wildman–Crippen MR) is 71.3 cm³/mol. The Balaban J connectivity index is 2.51. The van der Waals surface area contributed by atoms with Gasteiger partial charge < -0.3 is 9.84 Å². The zero-order valence-electron chi connectivity index (χ0n) is 8.53. The molecule has 0 atom stereocenters. The maximum Gasteiger partial charge on any atom is 0.126 e. The first kappa shape index (κ1) is 12.5. The Morgan fingerprint density at radius 2 is 2.07 bits per heavy atom. The van der Waals surface area contributed by atoms with Gasteiger partial charge in [-0.3, -0.25) is 0 Å². The highest BCUT2D eigenvalue weighted by atomic mass is 127. The van der Waals surface area contributed by atoms with Crippen molar-refractivity contribution in [1.82, 2.24) is 0 Å². The highest BCUT2D eigenvalue weighted by Gasteiger charge is 1.98. The molecule has 0 spiro atoms. The number of hydrogen-bond donors (Lipinski definition) is 1. The Hall–Kier alpha value is -0.550. The lowest BCUT2D eigenvalue weighted by molar-refractivity contribution is 0.253. The van der Waals surface area contributed by atoms with Gasteiger partial charge in [-0.05, 0) is 29.1 Å². The topological polar surface area (TPSA) is 29.5 Å². The number of ether oxygens (including phenoxy) is 1. The van der Waals surface area contributed by atoms with Gasteiger partial charge >= 0.3 is 0 Å². The van der Waals surface area contributed by atoms with Gasteiger partial charge in [0.25, 0.3) is 0 Å². The standard InChI is InChI=1S/C12H15IO2/c13-8-7-11-5-1-2-6-12(11)15-10-4-3-9-14/h1-2,5-8,14H,3-4,9-10H2. The Morgan fingerprint density at radius 3 is 2.80 bits per heavy atom. The molecule has 0 aliphatic heterocycles. The van der Waals surface area contributed by atoms with E-state index in [-0.39, 0.29) is 6.61 Å². The zero-order valence-corrected chi connectivity index (χ0v) is 10.7. The fraction of sp³-hybridized carbons (Fsp3) is 0.333. The lowest BCUT2D eigenvalue weighted by Gasteiger charge is -2.08. The van der Waals surface area contributed by atoms with Crippen LogP contribution in [0.5, 0.6) is 5.75 Å². The van der Waals surface area contributed by atoms with Gasteiger partial charge in [-0.2, -0.15) is 0 Å². The predicted octanol–water partition coefficient (Wildman–Crippen LogP) is 3.24. The van der Waals surface area contributed by atoms with Gasteiger partial charge in [0.15, 0.2) is 0 Å². The molecule has 0 unspecified atom stereocenters. The molecule has 3 heteroatoms. The number of rotatable bonds is 6. The van der Waals surface area contributed by atoms with Crippen molar-refractivity contribution < 1.29 is 9.84 Å². The molecular formula is C12H15IO2. The summed E-state index contributed by atoms with van der Waals surface area (Å²) in [7, 11) is 0. The largest absolute Gasteiger partial charge is 0.493 e. The van der Waals surface area contributed by atoms with Crippen molar-refractivity contribution in [2.24, 2.45) is 0 Å². The molecule has 0 heterocycles. The molecule has 0 saturated heterocycles. The third kappa shape index (κ3) is 4.66. The van der Waals surface area contributed by atoms with E-state index in [0.717, 1.165) is 24.2 Å². The van der Waals surface area contributed by atoms with Crippen LogP contribution in [-0.2, 0) is 0 Å². The molecule has 1 rings (SSSR count). The quantitative estimate of drug-likeness (QED) is 0.644. The van der Waals surface area contributed by atoms with Crippen LogP contribution in [-0.4, -0.2) is 18.3 Å². The molecule has 0 aromatic heterocycles. The molecule has 15 heavy (non-hydrogen) atoms. The summed E-state index contributed by atoms with van der Waals surface area (Å²) in [5.41, 5.74) is 1.09. The molecular weight excluding hydrogens is 303 g/mol. The van der Waals surface area contributed by atoms with Crippen LogP contribution in [0.4, 0.5) is 0 Å². The van der Waals surface area contributed by atoms with Crippen LogP contribution in [0, 0.1) is 0 Å². The summed E-state index contributed by atoms with van der Waals surface area (Å²) in [5.74, 6) is 0.906. The first-order valence-electron chi connectivity index (χ1n) is 4.98. The first-order valence-corrected chi connectivity index (χ1v) is 6.22. The van der Waals surface area contributed by atoms with E-state index in [4.69, 9.17) is 9.84 Å². The lowest BCUT2D eigenvalue weighted by Crippen LogP contribution is -1.99. The lowest BCUT2D eigenvalue weighted by atomic mass is 10.2. The van der Waals surface area contributed by atoms with Crippen LogP contribution in [0.25, 0.3) is 6.08 Å². The normalized spacial score (nSPS) is 10.8. The molecule has 0 amide bonds.